The molecule has 0 aliphatic carbocycles. The van der Waals surface area contributed by atoms with Crippen LogP contribution in [0.1, 0.15) is 70.9 Å². The molecular formula is C44H44N2O8. The standard InChI is InChI=1S/C44H44N2O8/c1-2-3-4-5-9-27-52-36-25-19-34(20-26-36)44(51)54-38-23-15-31(16-24-38)29-40(43(49)50)46-42(48)33-17-21-35(22-18-33)45-41(47)30-32-11-10-14-39(28-32)53-37-12-7-6-8-13-37/h6-8,10-26,28,40H,2-5,9,27,29-30H2,1H3,(H,45,47)(H,46,48)(H,49,50). The number of esters is 1. The Kier molecular flexibility index (Phi) is 14.4. The van der Waals surface area contributed by atoms with Crippen LogP contribution in [0.5, 0.6) is 23.0 Å². The van der Waals surface area contributed by atoms with Gasteiger partial charge in [-0.3, -0.25) is 9.59 Å². The van der Waals surface area contributed by atoms with E-state index in [-0.39, 0.29) is 24.3 Å². The minimum atomic E-state index is -1.22. The van der Waals surface area contributed by atoms with Gasteiger partial charge in [-0.05, 0) is 102 Å². The van der Waals surface area contributed by atoms with Gasteiger partial charge in [0.15, 0.2) is 0 Å². The van der Waals surface area contributed by atoms with Crippen LogP contribution in [0, 0.1) is 0 Å². The number of nitrogens with one attached hydrogen (secondary N) is 2. The molecule has 0 aromatic heterocycles. The summed E-state index contributed by atoms with van der Waals surface area (Å²) in [6, 6.07) is 34.8. The molecule has 3 N–H and O–H groups in total. The van der Waals surface area contributed by atoms with E-state index in [1.54, 1.807) is 66.7 Å². The normalized spacial score (nSPS) is 11.2. The van der Waals surface area contributed by atoms with E-state index in [1.807, 2.05) is 48.5 Å². The van der Waals surface area contributed by atoms with E-state index in [4.69, 9.17) is 14.2 Å². The summed E-state index contributed by atoms with van der Waals surface area (Å²) >= 11 is 0. The number of carboxylic acids is 1. The van der Waals surface area contributed by atoms with Crippen LogP contribution in [-0.4, -0.2) is 41.5 Å². The Balaban J connectivity index is 1.07. The summed E-state index contributed by atoms with van der Waals surface area (Å²) in [6.45, 7) is 2.81. The summed E-state index contributed by atoms with van der Waals surface area (Å²) in [7, 11) is 0. The molecule has 1 atom stereocenters. The fourth-order valence-electron chi connectivity index (χ4n) is 5.56. The number of carboxylic acid groups (broad SMARTS) is 1. The molecule has 0 aliphatic rings. The Bertz CT molecular complexity index is 1980. The second-order valence-electron chi connectivity index (χ2n) is 12.8. The number of hydrogen-bond donors (Lipinski definition) is 3. The number of hydrogen-bond acceptors (Lipinski definition) is 7. The van der Waals surface area contributed by atoms with E-state index in [9.17, 15) is 24.3 Å². The molecule has 0 bridgehead atoms. The maximum absolute atomic E-state index is 13.0. The number of carbonyl (C=O) groups is 4. The molecule has 10 nitrogen and oxygen atoms in total. The fourth-order valence-corrected chi connectivity index (χ4v) is 5.56. The van der Waals surface area contributed by atoms with Crippen LogP contribution in [-0.2, 0) is 22.4 Å². The van der Waals surface area contributed by atoms with Gasteiger partial charge in [-0.1, -0.05) is 75.1 Å². The maximum Gasteiger partial charge on any atom is 0.343 e. The molecule has 54 heavy (non-hydrogen) atoms. The van der Waals surface area contributed by atoms with Crippen molar-refractivity contribution in [1.82, 2.24) is 5.32 Å². The zero-order valence-electron chi connectivity index (χ0n) is 30.2. The number of anilines is 1. The van der Waals surface area contributed by atoms with E-state index in [2.05, 4.69) is 17.6 Å². The van der Waals surface area contributed by atoms with Gasteiger partial charge in [0, 0.05) is 17.7 Å². The highest BCUT2D eigenvalue weighted by Gasteiger charge is 2.22. The van der Waals surface area contributed by atoms with E-state index in [1.165, 1.54) is 31.4 Å². The van der Waals surface area contributed by atoms with E-state index < -0.39 is 23.9 Å². The molecule has 10 heteroatoms. The first-order valence-corrected chi connectivity index (χ1v) is 18.0. The minimum absolute atomic E-state index is 0.00109. The molecule has 5 aromatic rings. The Morgan fingerprint density at radius 1 is 0.648 bits per heavy atom. The zero-order chi connectivity index (χ0) is 38.1. The molecule has 2 amide bonds. The highest BCUT2D eigenvalue weighted by atomic mass is 16.5. The molecule has 0 aliphatic heterocycles. The molecule has 1 unspecified atom stereocenters. The zero-order valence-corrected chi connectivity index (χ0v) is 30.2. The summed E-state index contributed by atoms with van der Waals surface area (Å²) in [5.74, 6) is -0.269. The van der Waals surface area contributed by atoms with Gasteiger partial charge in [-0.15, -0.1) is 0 Å². The molecular weight excluding hydrogens is 684 g/mol. The van der Waals surface area contributed by atoms with Gasteiger partial charge in [0.1, 0.15) is 29.0 Å². The van der Waals surface area contributed by atoms with Crippen molar-refractivity contribution in [2.45, 2.75) is 57.9 Å². The highest BCUT2D eigenvalue weighted by molar-refractivity contribution is 5.98. The molecule has 5 aromatic carbocycles. The van der Waals surface area contributed by atoms with Gasteiger partial charge < -0.3 is 30.0 Å². The van der Waals surface area contributed by atoms with Crippen molar-refractivity contribution in [3.05, 3.63) is 150 Å². The molecule has 0 spiro atoms. The van der Waals surface area contributed by atoms with Crippen molar-refractivity contribution in [3.8, 4) is 23.0 Å². The predicted molar refractivity (Wildman–Crippen MR) is 206 cm³/mol. The van der Waals surface area contributed by atoms with Crippen LogP contribution < -0.4 is 24.8 Å². The van der Waals surface area contributed by atoms with Gasteiger partial charge in [0.2, 0.25) is 5.91 Å². The second-order valence-corrected chi connectivity index (χ2v) is 12.8. The average Bonchev–Trinajstić information content (AvgIpc) is 3.17. The van der Waals surface area contributed by atoms with Crippen LogP contribution in [0.2, 0.25) is 0 Å². The third-order valence-electron chi connectivity index (χ3n) is 8.46. The number of ether oxygens (including phenoxy) is 3. The molecule has 0 saturated carbocycles. The predicted octanol–water partition coefficient (Wildman–Crippen LogP) is 8.65. The van der Waals surface area contributed by atoms with Crippen LogP contribution in [0.25, 0.3) is 0 Å². The van der Waals surface area contributed by atoms with Crippen LogP contribution >= 0.6 is 0 Å². The first-order valence-electron chi connectivity index (χ1n) is 18.0. The van der Waals surface area contributed by atoms with Gasteiger partial charge in [0.05, 0.1) is 18.6 Å². The smallest absolute Gasteiger partial charge is 0.343 e. The first-order chi connectivity index (χ1) is 26.2. The SMILES string of the molecule is CCCCCCCOc1ccc(C(=O)Oc2ccc(CC(NC(=O)c3ccc(NC(=O)Cc4cccc(Oc5ccccc5)c4)cc3)C(=O)O)cc2)cc1. The maximum atomic E-state index is 13.0. The number of rotatable bonds is 19. The number of benzene rings is 5. The van der Waals surface area contributed by atoms with E-state index in [0.717, 1.165) is 18.4 Å². The number of amides is 2. The van der Waals surface area contributed by atoms with Crippen molar-refractivity contribution in [2.75, 3.05) is 11.9 Å². The summed E-state index contributed by atoms with van der Waals surface area (Å²) in [6.07, 6.45) is 5.86. The molecule has 0 fully saturated rings. The van der Waals surface area contributed by atoms with Crippen LogP contribution in [0.4, 0.5) is 5.69 Å². The summed E-state index contributed by atoms with van der Waals surface area (Å²) in [5, 5.41) is 15.2. The Labute approximate surface area is 315 Å². The van der Waals surface area contributed by atoms with Crippen molar-refractivity contribution in [2.24, 2.45) is 0 Å². The molecule has 0 saturated heterocycles. The van der Waals surface area contributed by atoms with Gasteiger partial charge >= 0.3 is 11.9 Å². The number of aliphatic carboxylic acids is 1. The Morgan fingerprint density at radius 2 is 1.31 bits per heavy atom. The quantitative estimate of drug-likeness (QED) is 0.0436. The highest BCUT2D eigenvalue weighted by Crippen LogP contribution is 2.23. The van der Waals surface area contributed by atoms with E-state index >= 15 is 0 Å². The lowest BCUT2D eigenvalue weighted by Gasteiger charge is -2.15. The van der Waals surface area contributed by atoms with Gasteiger partial charge in [0.25, 0.3) is 5.91 Å². The fraction of sp³-hybridized carbons (Fsp3) is 0.227. The van der Waals surface area contributed by atoms with Crippen molar-refractivity contribution in [1.29, 1.82) is 0 Å². The largest absolute Gasteiger partial charge is 0.494 e. The lowest BCUT2D eigenvalue weighted by Crippen LogP contribution is -2.42. The van der Waals surface area contributed by atoms with Crippen LogP contribution in [0.15, 0.2) is 127 Å². The van der Waals surface area contributed by atoms with Crippen molar-refractivity contribution >= 4 is 29.4 Å². The van der Waals surface area contributed by atoms with Gasteiger partial charge in [-0.2, -0.15) is 0 Å². The Morgan fingerprint density at radius 3 is 2.02 bits per heavy atom. The third-order valence-corrected chi connectivity index (χ3v) is 8.46. The lowest BCUT2D eigenvalue weighted by molar-refractivity contribution is -0.139. The molecule has 5 rings (SSSR count). The van der Waals surface area contributed by atoms with Crippen molar-refractivity contribution in [3.63, 3.8) is 0 Å². The average molecular weight is 729 g/mol. The number of unbranched alkanes of at least 4 members (excludes halogenated alkanes) is 4. The lowest BCUT2D eigenvalue weighted by atomic mass is 10.0. The summed E-state index contributed by atoms with van der Waals surface area (Å²) in [5.41, 5.74) is 2.47. The molecule has 0 radical (unpaired) electrons. The van der Waals surface area contributed by atoms with E-state index in [0.29, 0.717) is 46.4 Å². The second kappa shape index (κ2) is 20.0. The van der Waals surface area contributed by atoms with Crippen molar-refractivity contribution < 1.29 is 38.5 Å². The summed E-state index contributed by atoms with van der Waals surface area (Å²) < 4.78 is 17.1. The van der Waals surface area contributed by atoms with Gasteiger partial charge in [-0.25, -0.2) is 9.59 Å². The summed E-state index contributed by atoms with van der Waals surface area (Å²) in [4.78, 5) is 50.5. The Hall–Kier alpha value is -6.42. The van der Waals surface area contributed by atoms with Crippen LogP contribution in [0.3, 0.4) is 0 Å². The molecule has 0 heterocycles. The topological polar surface area (TPSA) is 140 Å². The number of para-hydroxylation sites is 1. The molecule has 278 valence electrons. The monoisotopic (exact) mass is 728 g/mol. The third kappa shape index (κ3) is 12.4. The first kappa shape index (κ1) is 38.8. The minimum Gasteiger partial charge on any atom is -0.494 e. The number of carbonyl (C=O) groups excluding carboxylic acids is 3.